The van der Waals surface area contributed by atoms with Gasteiger partial charge in [0.15, 0.2) is 0 Å². The van der Waals surface area contributed by atoms with Crippen molar-refractivity contribution in [1.29, 1.82) is 0 Å². The van der Waals surface area contributed by atoms with Gasteiger partial charge in [0, 0.05) is 6.42 Å². The Labute approximate surface area is 112 Å². The van der Waals surface area contributed by atoms with Gasteiger partial charge in [0.25, 0.3) is 0 Å². The third kappa shape index (κ3) is 7.08. The van der Waals surface area contributed by atoms with Crippen LogP contribution >= 0.6 is 7.82 Å². The normalized spacial score (nSPS) is 13.8. The second kappa shape index (κ2) is 8.07. The number of phosphoric ester groups is 1. The molecule has 0 aliphatic heterocycles. The zero-order valence-corrected chi connectivity index (χ0v) is 11.6. The smallest absolute Gasteiger partial charge is 0.301 e. The minimum atomic E-state index is -4.24. The minimum Gasteiger partial charge on any atom is -0.301 e. The monoisotopic (exact) mass is 287 g/mol. The van der Waals surface area contributed by atoms with Gasteiger partial charge < -0.3 is 4.89 Å². The molecule has 2 N–H and O–H groups in total. The molecule has 0 aliphatic rings. The Morgan fingerprint density at radius 3 is 2.68 bits per heavy atom. The molecular formula is C12H18NO5P. The lowest BCUT2D eigenvalue weighted by Crippen LogP contribution is -2.22. The lowest BCUT2D eigenvalue weighted by atomic mass is 10.2. The maximum Gasteiger partial charge on any atom is 0.493 e. The van der Waals surface area contributed by atoms with Crippen molar-refractivity contribution in [3.63, 3.8) is 0 Å². The van der Waals surface area contributed by atoms with Crippen LogP contribution in [0.15, 0.2) is 30.3 Å². The van der Waals surface area contributed by atoms with Crippen molar-refractivity contribution in [3.8, 4) is 0 Å². The standard InChI is InChI=1S/C12H18NO5P/c1-2-6-12(14)13-18-19(15,16)17-10-9-11-7-4-3-5-8-11/h3-5,7-8H,2,6,9-10H2,1H3,(H,13,14)(H,15,16). The predicted octanol–water partition coefficient (Wildman–Crippen LogP) is 2.19. The number of hydrogen-bond donors (Lipinski definition) is 2. The van der Waals surface area contributed by atoms with Crippen LogP contribution in [0.1, 0.15) is 25.3 Å². The van der Waals surface area contributed by atoms with Gasteiger partial charge in [-0.15, -0.1) is 0 Å². The first-order valence-electron chi connectivity index (χ1n) is 6.02. The fourth-order valence-electron chi connectivity index (χ4n) is 1.34. The summed E-state index contributed by atoms with van der Waals surface area (Å²) in [5.74, 6) is -0.455. The number of benzene rings is 1. The van der Waals surface area contributed by atoms with Crippen LogP contribution in [0, 0.1) is 0 Å². The van der Waals surface area contributed by atoms with Gasteiger partial charge in [-0.1, -0.05) is 37.3 Å². The summed E-state index contributed by atoms with van der Waals surface area (Å²) in [6, 6.07) is 9.39. The number of carbonyl (C=O) groups excluding carboxylic acids is 1. The summed E-state index contributed by atoms with van der Waals surface area (Å²) in [7, 11) is -4.24. The van der Waals surface area contributed by atoms with Gasteiger partial charge in [0.1, 0.15) is 0 Å². The summed E-state index contributed by atoms with van der Waals surface area (Å²) in [6.07, 6.45) is 1.33. The van der Waals surface area contributed by atoms with Crippen LogP contribution in [0.25, 0.3) is 0 Å². The highest BCUT2D eigenvalue weighted by Crippen LogP contribution is 2.41. The first kappa shape index (κ1) is 15.9. The molecule has 0 radical (unpaired) electrons. The zero-order valence-electron chi connectivity index (χ0n) is 10.7. The molecule has 0 aromatic heterocycles. The topological polar surface area (TPSA) is 84.9 Å². The molecule has 6 nitrogen and oxygen atoms in total. The number of hydroxylamine groups is 1. The van der Waals surface area contributed by atoms with Gasteiger partial charge in [-0.3, -0.25) is 9.32 Å². The van der Waals surface area contributed by atoms with E-state index in [1.165, 1.54) is 0 Å². The molecule has 1 amide bonds. The lowest BCUT2D eigenvalue weighted by molar-refractivity contribution is -0.128. The molecular weight excluding hydrogens is 269 g/mol. The average Bonchev–Trinajstić information content (AvgIpc) is 2.38. The third-order valence-corrected chi connectivity index (χ3v) is 3.07. The van der Waals surface area contributed by atoms with Crippen molar-refractivity contribution in [2.75, 3.05) is 6.61 Å². The third-order valence-electron chi connectivity index (χ3n) is 2.24. The van der Waals surface area contributed by atoms with Gasteiger partial charge in [0.2, 0.25) is 5.91 Å². The van der Waals surface area contributed by atoms with Crippen LogP contribution in [0.4, 0.5) is 0 Å². The number of nitrogens with one attached hydrogen (secondary N) is 1. The van der Waals surface area contributed by atoms with Crippen LogP contribution in [0.3, 0.4) is 0 Å². The quantitative estimate of drug-likeness (QED) is 0.565. The van der Waals surface area contributed by atoms with E-state index in [0.717, 1.165) is 5.56 Å². The van der Waals surface area contributed by atoms with E-state index in [4.69, 9.17) is 4.52 Å². The van der Waals surface area contributed by atoms with E-state index in [1.807, 2.05) is 42.7 Å². The van der Waals surface area contributed by atoms with Gasteiger partial charge >= 0.3 is 7.82 Å². The molecule has 7 heteroatoms. The first-order chi connectivity index (χ1) is 9.03. The van der Waals surface area contributed by atoms with E-state index in [0.29, 0.717) is 12.8 Å². The summed E-state index contributed by atoms with van der Waals surface area (Å²) in [5, 5.41) is 0. The number of rotatable bonds is 8. The highest BCUT2D eigenvalue weighted by atomic mass is 31.2. The molecule has 0 saturated heterocycles. The van der Waals surface area contributed by atoms with E-state index < -0.39 is 13.7 Å². The summed E-state index contributed by atoms with van der Waals surface area (Å²) in [6.45, 7) is 1.84. The molecule has 106 valence electrons. The molecule has 0 saturated carbocycles. The van der Waals surface area contributed by atoms with Crippen molar-refractivity contribution in [2.24, 2.45) is 0 Å². The Bertz CT molecular complexity index is 437. The Morgan fingerprint density at radius 2 is 2.05 bits per heavy atom. The van der Waals surface area contributed by atoms with Crippen molar-refractivity contribution >= 4 is 13.7 Å². The molecule has 0 fully saturated rings. The molecule has 1 aromatic rings. The second-order valence-corrected chi connectivity index (χ2v) is 5.28. The Hall–Kier alpha value is -1.20. The van der Waals surface area contributed by atoms with Gasteiger partial charge in [-0.25, -0.2) is 10.0 Å². The maximum atomic E-state index is 11.4. The summed E-state index contributed by atoms with van der Waals surface area (Å²) < 4.78 is 20.5. The van der Waals surface area contributed by atoms with Crippen LogP contribution in [0.2, 0.25) is 0 Å². The zero-order chi connectivity index (χ0) is 14.1. The van der Waals surface area contributed by atoms with Crippen molar-refractivity contribution in [2.45, 2.75) is 26.2 Å². The van der Waals surface area contributed by atoms with Crippen LogP contribution in [-0.2, 0) is 24.9 Å². The molecule has 1 rings (SSSR count). The average molecular weight is 287 g/mol. The molecule has 19 heavy (non-hydrogen) atoms. The van der Waals surface area contributed by atoms with Crippen LogP contribution < -0.4 is 5.48 Å². The number of hydrogen-bond acceptors (Lipinski definition) is 4. The summed E-state index contributed by atoms with van der Waals surface area (Å²) >= 11 is 0. The van der Waals surface area contributed by atoms with Crippen LogP contribution in [0.5, 0.6) is 0 Å². The van der Waals surface area contributed by atoms with E-state index in [9.17, 15) is 14.3 Å². The van der Waals surface area contributed by atoms with Gasteiger partial charge in [-0.2, -0.15) is 4.62 Å². The SMILES string of the molecule is CCCC(=O)NOP(=O)(O)OCCc1ccccc1. The van der Waals surface area contributed by atoms with E-state index >= 15 is 0 Å². The Morgan fingerprint density at radius 1 is 1.37 bits per heavy atom. The molecule has 0 heterocycles. The fourth-order valence-corrected chi connectivity index (χ4v) is 1.93. The summed E-state index contributed by atoms with van der Waals surface area (Å²) in [4.78, 5) is 20.4. The maximum absolute atomic E-state index is 11.4. The van der Waals surface area contributed by atoms with Crippen molar-refractivity contribution < 1.29 is 23.4 Å². The second-order valence-electron chi connectivity index (χ2n) is 3.90. The van der Waals surface area contributed by atoms with Gasteiger partial charge in [0.05, 0.1) is 6.61 Å². The first-order valence-corrected chi connectivity index (χ1v) is 7.51. The van der Waals surface area contributed by atoms with Crippen molar-refractivity contribution in [1.82, 2.24) is 5.48 Å². The highest BCUT2D eigenvalue weighted by Gasteiger charge is 2.22. The van der Waals surface area contributed by atoms with E-state index in [1.54, 1.807) is 0 Å². The number of amides is 1. The molecule has 0 aliphatic carbocycles. The number of carbonyl (C=O) groups is 1. The largest absolute Gasteiger partial charge is 0.493 e. The molecule has 1 aromatic carbocycles. The Kier molecular flexibility index (Phi) is 6.73. The molecule has 0 bridgehead atoms. The Balaban J connectivity index is 2.27. The predicted molar refractivity (Wildman–Crippen MR) is 70.1 cm³/mol. The molecule has 1 atom stereocenters. The molecule has 0 spiro atoms. The van der Waals surface area contributed by atoms with E-state index in [-0.39, 0.29) is 13.0 Å². The van der Waals surface area contributed by atoms with Crippen molar-refractivity contribution in [3.05, 3.63) is 35.9 Å². The minimum absolute atomic E-state index is 0.0292. The van der Waals surface area contributed by atoms with Crippen LogP contribution in [-0.4, -0.2) is 17.4 Å². The lowest BCUT2D eigenvalue weighted by Gasteiger charge is -2.11. The fraction of sp³-hybridized carbons (Fsp3) is 0.417. The van der Waals surface area contributed by atoms with E-state index in [2.05, 4.69) is 4.62 Å². The summed E-state index contributed by atoms with van der Waals surface area (Å²) in [5.41, 5.74) is 2.88. The number of phosphoric acid groups is 1. The van der Waals surface area contributed by atoms with Gasteiger partial charge in [-0.05, 0) is 18.4 Å². The highest BCUT2D eigenvalue weighted by molar-refractivity contribution is 7.47. The molecule has 1 unspecified atom stereocenters.